The number of rotatable bonds is 7. The van der Waals surface area contributed by atoms with E-state index < -0.39 is 0 Å². The van der Waals surface area contributed by atoms with Crippen molar-refractivity contribution in [2.45, 2.75) is 44.7 Å². The third kappa shape index (κ3) is 4.77. The summed E-state index contributed by atoms with van der Waals surface area (Å²) in [4.78, 5) is 12.6. The monoisotopic (exact) mass is 389 g/mol. The molecule has 1 amide bonds. The number of nitrogens with one attached hydrogen (secondary N) is 1. The van der Waals surface area contributed by atoms with Gasteiger partial charge in [-0.2, -0.15) is 0 Å². The number of carbonyl (C=O) groups excluding carboxylic acids is 1. The lowest BCUT2D eigenvalue weighted by Crippen LogP contribution is -2.87. The van der Waals surface area contributed by atoms with Crippen molar-refractivity contribution >= 4 is 5.91 Å². The molecule has 4 heteroatoms. The van der Waals surface area contributed by atoms with Crippen molar-refractivity contribution in [2.24, 2.45) is 0 Å². The van der Waals surface area contributed by atoms with Crippen molar-refractivity contribution in [1.82, 2.24) is 5.32 Å². The summed E-state index contributed by atoms with van der Waals surface area (Å²) in [6.45, 7) is 2.40. The van der Waals surface area contributed by atoms with E-state index in [-0.39, 0.29) is 18.0 Å². The molecule has 0 spiro atoms. The SMILES string of the molecule is C[C@H](NC(=O)C[NH2+][C@H](c1ccccc1)c1ccco1)c1ccc2c(c1)CCCC2. The number of benzene rings is 2. The molecule has 2 atom stereocenters. The van der Waals surface area contributed by atoms with Crippen LogP contribution in [0.5, 0.6) is 0 Å². The van der Waals surface area contributed by atoms with Gasteiger partial charge < -0.3 is 15.1 Å². The van der Waals surface area contributed by atoms with Crippen LogP contribution in [-0.4, -0.2) is 12.5 Å². The van der Waals surface area contributed by atoms with Gasteiger partial charge in [-0.3, -0.25) is 4.79 Å². The zero-order chi connectivity index (χ0) is 20.1. The summed E-state index contributed by atoms with van der Waals surface area (Å²) >= 11 is 0. The van der Waals surface area contributed by atoms with E-state index in [0.717, 1.165) is 17.7 Å². The van der Waals surface area contributed by atoms with Gasteiger partial charge in [0.25, 0.3) is 5.91 Å². The third-order valence-corrected chi connectivity index (χ3v) is 5.80. The number of furan rings is 1. The largest absolute Gasteiger partial charge is 0.463 e. The molecule has 0 fully saturated rings. The van der Waals surface area contributed by atoms with Gasteiger partial charge in [0.05, 0.1) is 12.3 Å². The summed E-state index contributed by atoms with van der Waals surface area (Å²) in [6, 6.07) is 20.6. The number of aryl methyl sites for hydroxylation is 2. The Kier molecular flexibility index (Phi) is 6.11. The Bertz CT molecular complexity index is 935. The fraction of sp³-hybridized carbons (Fsp3) is 0.320. The number of hydrogen-bond donors (Lipinski definition) is 2. The fourth-order valence-corrected chi connectivity index (χ4v) is 4.18. The molecule has 29 heavy (non-hydrogen) atoms. The molecule has 150 valence electrons. The average molecular weight is 390 g/mol. The van der Waals surface area contributed by atoms with Crippen LogP contribution in [0.3, 0.4) is 0 Å². The van der Waals surface area contributed by atoms with Gasteiger partial charge in [0.2, 0.25) is 0 Å². The molecule has 3 aromatic rings. The number of quaternary nitrogens is 1. The smallest absolute Gasteiger partial charge is 0.275 e. The summed E-state index contributed by atoms with van der Waals surface area (Å²) in [6.07, 6.45) is 6.56. The Balaban J connectivity index is 1.38. The van der Waals surface area contributed by atoms with Crippen molar-refractivity contribution in [3.05, 3.63) is 94.9 Å². The number of amides is 1. The van der Waals surface area contributed by atoms with Crippen LogP contribution in [0, 0.1) is 0 Å². The summed E-state index contributed by atoms with van der Waals surface area (Å²) in [7, 11) is 0. The predicted octanol–water partition coefficient (Wildman–Crippen LogP) is 3.69. The zero-order valence-electron chi connectivity index (χ0n) is 16.9. The number of nitrogens with two attached hydrogens (primary N) is 1. The van der Waals surface area contributed by atoms with E-state index in [0.29, 0.717) is 6.54 Å². The van der Waals surface area contributed by atoms with Gasteiger partial charge in [0, 0.05) is 5.56 Å². The predicted molar refractivity (Wildman–Crippen MR) is 113 cm³/mol. The summed E-state index contributed by atoms with van der Waals surface area (Å²) in [5.41, 5.74) is 5.22. The molecule has 2 aromatic carbocycles. The molecule has 0 bridgehead atoms. The first-order valence-electron chi connectivity index (χ1n) is 10.5. The van der Waals surface area contributed by atoms with E-state index >= 15 is 0 Å². The van der Waals surface area contributed by atoms with E-state index in [9.17, 15) is 4.79 Å². The second kappa shape index (κ2) is 9.10. The van der Waals surface area contributed by atoms with Crippen LogP contribution >= 0.6 is 0 Å². The maximum atomic E-state index is 12.6. The molecule has 4 nitrogen and oxygen atoms in total. The van der Waals surface area contributed by atoms with Gasteiger partial charge in [0.15, 0.2) is 18.3 Å². The Morgan fingerprint density at radius 3 is 2.55 bits per heavy atom. The van der Waals surface area contributed by atoms with E-state index in [1.54, 1.807) is 6.26 Å². The molecule has 3 N–H and O–H groups in total. The maximum absolute atomic E-state index is 12.6. The molecule has 4 rings (SSSR count). The van der Waals surface area contributed by atoms with Crippen LogP contribution in [-0.2, 0) is 17.6 Å². The van der Waals surface area contributed by atoms with Crippen molar-refractivity contribution < 1.29 is 14.5 Å². The number of hydrogen-bond acceptors (Lipinski definition) is 2. The van der Waals surface area contributed by atoms with Gasteiger partial charge in [0.1, 0.15) is 0 Å². The highest BCUT2D eigenvalue weighted by molar-refractivity contribution is 5.77. The minimum atomic E-state index is -0.0315. The Hall–Kier alpha value is -2.85. The number of carbonyl (C=O) groups is 1. The van der Waals surface area contributed by atoms with Crippen LogP contribution in [0.2, 0.25) is 0 Å². The van der Waals surface area contributed by atoms with E-state index in [1.165, 1.54) is 36.0 Å². The molecule has 1 aliphatic carbocycles. The molecular weight excluding hydrogens is 360 g/mol. The van der Waals surface area contributed by atoms with Crippen molar-refractivity contribution in [3.63, 3.8) is 0 Å². The lowest BCUT2D eigenvalue weighted by atomic mass is 9.89. The normalized spacial score (nSPS) is 15.3. The van der Waals surface area contributed by atoms with E-state index in [1.807, 2.05) is 35.6 Å². The highest BCUT2D eigenvalue weighted by Crippen LogP contribution is 2.24. The fourth-order valence-electron chi connectivity index (χ4n) is 4.18. The molecule has 0 saturated heterocycles. The molecule has 1 heterocycles. The molecule has 1 aromatic heterocycles. The Labute approximate surface area is 172 Å². The molecule has 0 aliphatic heterocycles. The molecular formula is C25H29N2O2+. The summed E-state index contributed by atoms with van der Waals surface area (Å²) in [5.74, 6) is 0.884. The molecule has 0 radical (unpaired) electrons. The van der Waals surface area contributed by atoms with Crippen LogP contribution in [0.4, 0.5) is 0 Å². The van der Waals surface area contributed by atoms with Gasteiger partial charge in [-0.1, -0.05) is 48.5 Å². The lowest BCUT2D eigenvalue weighted by molar-refractivity contribution is -0.678. The van der Waals surface area contributed by atoms with Gasteiger partial charge in [-0.15, -0.1) is 0 Å². The van der Waals surface area contributed by atoms with E-state index in [4.69, 9.17) is 4.42 Å². The lowest BCUT2D eigenvalue weighted by Gasteiger charge is -2.20. The van der Waals surface area contributed by atoms with E-state index in [2.05, 4.69) is 42.6 Å². The first-order valence-corrected chi connectivity index (χ1v) is 10.5. The minimum absolute atomic E-state index is 0.00177. The third-order valence-electron chi connectivity index (χ3n) is 5.80. The number of fused-ring (bicyclic) bond motifs is 1. The second-order valence-electron chi connectivity index (χ2n) is 7.87. The molecule has 0 saturated carbocycles. The highest BCUT2D eigenvalue weighted by atomic mass is 16.3. The zero-order valence-corrected chi connectivity index (χ0v) is 16.9. The Morgan fingerprint density at radius 2 is 1.79 bits per heavy atom. The molecule has 1 aliphatic rings. The molecule has 0 unspecified atom stereocenters. The summed E-state index contributed by atoms with van der Waals surface area (Å²) in [5, 5.41) is 5.19. The first-order chi connectivity index (χ1) is 14.2. The average Bonchev–Trinajstić information content (AvgIpc) is 3.29. The van der Waals surface area contributed by atoms with Crippen LogP contribution in [0.25, 0.3) is 0 Å². The van der Waals surface area contributed by atoms with Crippen LogP contribution in [0.1, 0.15) is 59.9 Å². The standard InChI is InChI=1S/C25H28N2O2/c1-18(21-14-13-19-8-5-6-11-22(19)16-21)27-24(28)17-26-25(23-12-7-15-29-23)20-9-3-2-4-10-20/h2-4,7,9-10,12-16,18,25-26H,5-6,8,11,17H2,1H3,(H,27,28)/p+1/t18-,25+/m0/s1. The minimum Gasteiger partial charge on any atom is -0.463 e. The highest BCUT2D eigenvalue weighted by Gasteiger charge is 2.22. The van der Waals surface area contributed by atoms with Crippen molar-refractivity contribution in [1.29, 1.82) is 0 Å². The van der Waals surface area contributed by atoms with Crippen LogP contribution in [0.15, 0.2) is 71.3 Å². The summed E-state index contributed by atoms with van der Waals surface area (Å²) < 4.78 is 5.62. The maximum Gasteiger partial charge on any atom is 0.275 e. The van der Waals surface area contributed by atoms with Crippen LogP contribution < -0.4 is 10.6 Å². The van der Waals surface area contributed by atoms with Crippen molar-refractivity contribution in [2.75, 3.05) is 6.54 Å². The van der Waals surface area contributed by atoms with Gasteiger partial charge >= 0.3 is 0 Å². The first kappa shape index (κ1) is 19.5. The quantitative estimate of drug-likeness (QED) is 0.647. The van der Waals surface area contributed by atoms with Gasteiger partial charge in [-0.25, -0.2) is 0 Å². The van der Waals surface area contributed by atoms with Crippen molar-refractivity contribution in [3.8, 4) is 0 Å². The second-order valence-corrected chi connectivity index (χ2v) is 7.87. The van der Waals surface area contributed by atoms with Gasteiger partial charge in [-0.05, 0) is 61.4 Å². The Morgan fingerprint density at radius 1 is 1.00 bits per heavy atom. The topological polar surface area (TPSA) is 58.9 Å².